The largest absolute Gasteiger partial charge is 0.391 e. The molecule has 2 aromatic rings. The number of amides is 1. The number of Topliss-reactive ketones (excluding diaryl/α,β-unsaturated/α-hetero) is 1. The third kappa shape index (κ3) is 3.43. The molecule has 0 saturated carbocycles. The molecule has 1 aliphatic rings. The average molecular weight is 380 g/mol. The molecule has 1 aromatic heterocycles. The van der Waals surface area contributed by atoms with Gasteiger partial charge < -0.3 is 10.0 Å². The van der Waals surface area contributed by atoms with E-state index in [4.69, 9.17) is 0 Å². The third-order valence-electron chi connectivity index (χ3n) is 4.94. The first-order chi connectivity index (χ1) is 12.7. The van der Waals surface area contributed by atoms with Crippen LogP contribution < -0.4 is 0 Å². The van der Waals surface area contributed by atoms with Gasteiger partial charge in [0.25, 0.3) is 0 Å². The molecule has 1 fully saturated rings. The number of hydrogen-bond acceptors (Lipinski definition) is 5. The summed E-state index contributed by atoms with van der Waals surface area (Å²) in [7, 11) is 0. The van der Waals surface area contributed by atoms with Crippen LogP contribution in [0, 0.1) is 17.6 Å². The van der Waals surface area contributed by atoms with E-state index >= 15 is 0 Å². The van der Waals surface area contributed by atoms with Crippen molar-refractivity contribution in [3.63, 3.8) is 0 Å². The molecule has 3 atom stereocenters. The van der Waals surface area contributed by atoms with Crippen LogP contribution in [0.3, 0.4) is 0 Å². The second kappa shape index (κ2) is 7.30. The Morgan fingerprint density at radius 2 is 1.96 bits per heavy atom. The van der Waals surface area contributed by atoms with Crippen molar-refractivity contribution in [2.45, 2.75) is 51.8 Å². The van der Waals surface area contributed by atoms with Gasteiger partial charge in [-0.2, -0.15) is 0 Å². The first-order valence-electron chi connectivity index (χ1n) is 8.95. The van der Waals surface area contributed by atoms with Crippen LogP contribution in [0.15, 0.2) is 12.1 Å². The minimum absolute atomic E-state index is 0.0497. The summed E-state index contributed by atoms with van der Waals surface area (Å²) in [6, 6.07) is 0.333. The van der Waals surface area contributed by atoms with E-state index in [0.29, 0.717) is 0 Å². The molecular weight excluding hydrogens is 358 g/mol. The van der Waals surface area contributed by atoms with Crippen molar-refractivity contribution in [2.24, 2.45) is 5.92 Å². The summed E-state index contributed by atoms with van der Waals surface area (Å²) in [5, 5.41) is 17.8. The van der Waals surface area contributed by atoms with Gasteiger partial charge in [-0.3, -0.25) is 9.59 Å². The van der Waals surface area contributed by atoms with Crippen LogP contribution in [0.5, 0.6) is 0 Å². The van der Waals surface area contributed by atoms with E-state index in [9.17, 15) is 23.5 Å². The minimum Gasteiger partial charge on any atom is -0.391 e. The van der Waals surface area contributed by atoms with E-state index in [-0.39, 0.29) is 42.1 Å². The number of benzene rings is 1. The third-order valence-corrected chi connectivity index (χ3v) is 4.94. The number of carbonyl (C=O) groups excluding carboxylic acids is 2. The van der Waals surface area contributed by atoms with E-state index in [1.165, 1.54) is 9.58 Å². The molecule has 0 radical (unpaired) electrons. The lowest BCUT2D eigenvalue weighted by molar-refractivity contribution is -0.141. The van der Waals surface area contributed by atoms with Crippen LogP contribution in [0.2, 0.25) is 0 Å². The van der Waals surface area contributed by atoms with E-state index in [2.05, 4.69) is 10.3 Å². The summed E-state index contributed by atoms with van der Waals surface area (Å²) in [5.74, 6) is -2.88. The number of nitrogens with zero attached hydrogens (tertiary/aromatic N) is 4. The Labute approximate surface area is 154 Å². The Morgan fingerprint density at radius 1 is 1.30 bits per heavy atom. The summed E-state index contributed by atoms with van der Waals surface area (Å²) >= 11 is 0. The quantitative estimate of drug-likeness (QED) is 0.855. The number of ketones is 1. The van der Waals surface area contributed by atoms with E-state index in [0.717, 1.165) is 12.1 Å². The van der Waals surface area contributed by atoms with Crippen molar-refractivity contribution >= 4 is 22.7 Å². The Bertz CT molecular complexity index is 883. The fraction of sp³-hybridized carbons (Fsp3) is 0.556. The molecule has 1 aliphatic heterocycles. The van der Waals surface area contributed by atoms with Crippen molar-refractivity contribution < 1.29 is 23.5 Å². The van der Waals surface area contributed by atoms with Crippen LogP contribution in [-0.4, -0.2) is 55.4 Å². The van der Waals surface area contributed by atoms with Gasteiger partial charge in [0.1, 0.15) is 11.6 Å². The van der Waals surface area contributed by atoms with Gasteiger partial charge in [0.05, 0.1) is 17.7 Å². The highest BCUT2D eigenvalue weighted by molar-refractivity contribution is 5.91. The Kier molecular flexibility index (Phi) is 5.23. The zero-order valence-electron chi connectivity index (χ0n) is 15.4. The molecule has 0 aliphatic carbocycles. The number of halogens is 2. The molecule has 3 unspecified atom stereocenters. The molecule has 0 bridgehead atoms. The van der Waals surface area contributed by atoms with Gasteiger partial charge >= 0.3 is 0 Å². The average Bonchev–Trinajstić information content (AvgIpc) is 3.18. The van der Waals surface area contributed by atoms with Gasteiger partial charge in [-0.1, -0.05) is 26.0 Å². The second-order valence-electron chi connectivity index (χ2n) is 7.19. The van der Waals surface area contributed by atoms with Gasteiger partial charge in [0, 0.05) is 31.5 Å². The standard InChI is InChI=1S/C18H22F2N4O3/c1-4-16(26)15-5-10(25)8-23(15)18(27)17(9(2)3)24-14-7-12(20)11(19)6-13(14)21-22-24/h6-7,9-10,15,17,25H,4-5,8H2,1-3H3. The molecule has 146 valence electrons. The van der Waals surface area contributed by atoms with Gasteiger partial charge in [0.15, 0.2) is 17.4 Å². The van der Waals surface area contributed by atoms with E-state index in [1.807, 2.05) is 0 Å². The SMILES string of the molecule is CCC(=O)C1CC(O)CN1C(=O)C(C(C)C)n1nnc2cc(F)c(F)cc21. The Morgan fingerprint density at radius 3 is 2.59 bits per heavy atom. The van der Waals surface area contributed by atoms with Crippen LogP contribution >= 0.6 is 0 Å². The van der Waals surface area contributed by atoms with Gasteiger partial charge in [-0.05, 0) is 5.92 Å². The number of aliphatic hydroxyl groups is 1. The predicted molar refractivity (Wildman–Crippen MR) is 92.7 cm³/mol. The number of aromatic nitrogens is 3. The highest BCUT2D eigenvalue weighted by Gasteiger charge is 2.42. The Hall–Kier alpha value is -2.42. The number of aliphatic hydroxyl groups excluding tert-OH is 1. The van der Waals surface area contributed by atoms with E-state index < -0.39 is 35.7 Å². The number of hydrogen-bond donors (Lipinski definition) is 1. The zero-order chi connectivity index (χ0) is 19.9. The zero-order valence-corrected chi connectivity index (χ0v) is 15.4. The second-order valence-corrected chi connectivity index (χ2v) is 7.19. The van der Waals surface area contributed by atoms with Crippen molar-refractivity contribution in [2.75, 3.05) is 6.54 Å². The Balaban J connectivity index is 2.02. The lowest BCUT2D eigenvalue weighted by Gasteiger charge is -2.29. The monoisotopic (exact) mass is 380 g/mol. The maximum atomic E-state index is 13.7. The van der Waals surface area contributed by atoms with Gasteiger partial charge in [-0.25, -0.2) is 13.5 Å². The van der Waals surface area contributed by atoms with Crippen LogP contribution in [0.25, 0.3) is 11.0 Å². The molecule has 3 rings (SSSR count). The molecule has 1 N–H and O–H groups in total. The maximum Gasteiger partial charge on any atom is 0.248 e. The first-order valence-corrected chi connectivity index (χ1v) is 8.95. The minimum atomic E-state index is -1.06. The summed E-state index contributed by atoms with van der Waals surface area (Å²) in [4.78, 5) is 26.8. The van der Waals surface area contributed by atoms with Crippen molar-refractivity contribution in [1.82, 2.24) is 19.9 Å². The fourth-order valence-corrected chi connectivity index (χ4v) is 3.58. The molecule has 2 heterocycles. The molecular formula is C18H22F2N4O3. The normalized spacial score (nSPS) is 21.2. The summed E-state index contributed by atoms with van der Waals surface area (Å²) in [6.45, 7) is 5.34. The predicted octanol–water partition coefficient (Wildman–Crippen LogP) is 1.85. The molecule has 7 nitrogen and oxygen atoms in total. The number of carbonyl (C=O) groups is 2. The summed E-state index contributed by atoms with van der Waals surface area (Å²) < 4.78 is 28.4. The molecule has 9 heteroatoms. The highest BCUT2D eigenvalue weighted by atomic mass is 19.2. The lowest BCUT2D eigenvalue weighted by Crippen LogP contribution is -2.45. The fourth-order valence-electron chi connectivity index (χ4n) is 3.58. The number of likely N-dealkylation sites (tertiary alicyclic amines) is 1. The van der Waals surface area contributed by atoms with Gasteiger partial charge in [0.2, 0.25) is 5.91 Å². The van der Waals surface area contributed by atoms with Crippen molar-refractivity contribution in [1.29, 1.82) is 0 Å². The smallest absolute Gasteiger partial charge is 0.248 e. The number of β-amino-alcohol motifs (C(OH)–C–C–N with tert-alkyl or cyclic N) is 1. The molecule has 27 heavy (non-hydrogen) atoms. The molecule has 1 saturated heterocycles. The molecule has 0 spiro atoms. The van der Waals surface area contributed by atoms with Crippen molar-refractivity contribution in [3.05, 3.63) is 23.8 Å². The molecule has 1 aromatic carbocycles. The van der Waals surface area contributed by atoms with Gasteiger partial charge in [-0.15, -0.1) is 5.10 Å². The van der Waals surface area contributed by atoms with Crippen LogP contribution in [-0.2, 0) is 9.59 Å². The first kappa shape index (κ1) is 19.3. The van der Waals surface area contributed by atoms with Crippen LogP contribution in [0.4, 0.5) is 8.78 Å². The summed E-state index contributed by atoms with van der Waals surface area (Å²) in [6.07, 6.45) is -0.327. The highest BCUT2D eigenvalue weighted by Crippen LogP contribution is 2.29. The lowest BCUT2D eigenvalue weighted by atomic mass is 10.0. The topological polar surface area (TPSA) is 88.3 Å². The maximum absolute atomic E-state index is 13.7. The summed E-state index contributed by atoms with van der Waals surface area (Å²) in [5.41, 5.74) is 0.328. The van der Waals surface area contributed by atoms with Crippen LogP contribution in [0.1, 0.15) is 39.7 Å². The number of rotatable bonds is 5. The molecule has 1 amide bonds. The number of fused-ring (bicyclic) bond motifs is 1. The van der Waals surface area contributed by atoms with E-state index in [1.54, 1.807) is 20.8 Å². The van der Waals surface area contributed by atoms with Crippen molar-refractivity contribution in [3.8, 4) is 0 Å².